The summed E-state index contributed by atoms with van der Waals surface area (Å²) in [4.78, 5) is 30.4. The average Bonchev–Trinajstić information content (AvgIpc) is 3.45. The molecule has 0 aliphatic carbocycles. The van der Waals surface area contributed by atoms with Gasteiger partial charge in [-0.1, -0.05) is 6.07 Å². The quantitative estimate of drug-likeness (QED) is 0.431. The predicted molar refractivity (Wildman–Crippen MR) is 133 cm³/mol. The second kappa shape index (κ2) is 9.69. The molecule has 0 unspecified atom stereocenters. The van der Waals surface area contributed by atoms with Crippen LogP contribution in [0, 0.1) is 13.8 Å². The van der Waals surface area contributed by atoms with E-state index in [4.69, 9.17) is 4.74 Å². The molecular weight excluding hydrogens is 465 g/mol. The first kappa shape index (κ1) is 23.9. The molecule has 0 spiro atoms. The Kier molecular flexibility index (Phi) is 6.44. The molecule has 36 heavy (non-hydrogen) atoms. The van der Waals surface area contributed by atoms with E-state index < -0.39 is 11.8 Å². The molecule has 190 valence electrons. The van der Waals surface area contributed by atoms with Crippen LogP contribution in [-0.2, 0) is 16.1 Å². The number of aromatic nitrogens is 5. The third-order valence-electron chi connectivity index (χ3n) is 6.50. The third kappa shape index (κ3) is 4.94. The first-order valence-corrected chi connectivity index (χ1v) is 11.9. The van der Waals surface area contributed by atoms with Crippen LogP contribution in [0.4, 0.5) is 27.8 Å². The van der Waals surface area contributed by atoms with E-state index >= 15 is 0 Å². The van der Waals surface area contributed by atoms with Crippen LogP contribution in [0.25, 0.3) is 0 Å². The van der Waals surface area contributed by atoms with Crippen molar-refractivity contribution in [2.75, 3.05) is 48.4 Å². The second-order valence-corrected chi connectivity index (χ2v) is 9.35. The molecule has 0 saturated carbocycles. The van der Waals surface area contributed by atoms with Crippen LogP contribution in [0.2, 0.25) is 0 Å². The largest absolute Gasteiger partial charge is 0.365 e. The lowest BCUT2D eigenvalue weighted by molar-refractivity contribution is -0.146. The van der Waals surface area contributed by atoms with Crippen LogP contribution in [0.1, 0.15) is 23.4 Å². The fourth-order valence-electron chi connectivity index (χ4n) is 4.43. The number of ether oxygens (including phenoxy) is 1. The van der Waals surface area contributed by atoms with E-state index in [0.717, 1.165) is 22.8 Å². The average molecular weight is 496 g/mol. The number of alkyl halides is 1. The molecule has 0 aromatic carbocycles. The first-order chi connectivity index (χ1) is 17.3. The van der Waals surface area contributed by atoms with Gasteiger partial charge in [-0.25, -0.2) is 14.4 Å². The van der Waals surface area contributed by atoms with Gasteiger partial charge >= 0.3 is 0 Å². The van der Waals surface area contributed by atoms with Gasteiger partial charge in [0, 0.05) is 49.9 Å². The smallest absolute Gasteiger partial charge is 0.256 e. The molecule has 12 heteroatoms. The fraction of sp³-hybridized carbons (Fsp3) is 0.458. The van der Waals surface area contributed by atoms with Gasteiger partial charge in [-0.3, -0.25) is 9.89 Å². The summed E-state index contributed by atoms with van der Waals surface area (Å²) in [5.41, 5.74) is 1.60. The maximum atomic E-state index is 13.5. The number of methoxy groups -OCH3 is 1. The minimum absolute atomic E-state index is 0.205. The summed E-state index contributed by atoms with van der Waals surface area (Å²) in [5.74, 6) is 2.35. The van der Waals surface area contributed by atoms with Crippen molar-refractivity contribution < 1.29 is 13.9 Å². The Hall–Kier alpha value is -3.80. The number of carbonyl (C=O) groups excluding carboxylic acids is 1. The molecule has 1 amide bonds. The summed E-state index contributed by atoms with van der Waals surface area (Å²) < 4.78 is 19.1. The molecule has 3 N–H and O–H groups in total. The van der Waals surface area contributed by atoms with Crippen molar-refractivity contribution in [2.24, 2.45) is 0 Å². The van der Waals surface area contributed by atoms with Gasteiger partial charge in [-0.05, 0) is 31.9 Å². The number of H-pyrrole nitrogens is 1. The molecule has 3 aromatic rings. The van der Waals surface area contributed by atoms with E-state index in [2.05, 4.69) is 35.8 Å². The zero-order chi connectivity index (χ0) is 25.3. The van der Waals surface area contributed by atoms with Gasteiger partial charge in [0.1, 0.15) is 17.8 Å². The van der Waals surface area contributed by atoms with Gasteiger partial charge in [-0.15, -0.1) is 0 Å². The Morgan fingerprint density at radius 2 is 2.06 bits per heavy atom. The highest BCUT2D eigenvalue weighted by atomic mass is 19.1. The summed E-state index contributed by atoms with van der Waals surface area (Å²) in [7, 11) is 1.53. The van der Waals surface area contributed by atoms with Crippen molar-refractivity contribution in [1.29, 1.82) is 0 Å². The Morgan fingerprint density at radius 3 is 2.69 bits per heavy atom. The Morgan fingerprint density at radius 1 is 1.22 bits per heavy atom. The van der Waals surface area contributed by atoms with Crippen LogP contribution < -0.4 is 20.4 Å². The molecule has 2 fully saturated rings. The highest BCUT2D eigenvalue weighted by molar-refractivity contribution is 5.88. The van der Waals surface area contributed by atoms with Crippen LogP contribution in [0.5, 0.6) is 0 Å². The van der Waals surface area contributed by atoms with Crippen molar-refractivity contribution in [3.8, 4) is 0 Å². The van der Waals surface area contributed by atoms with Crippen molar-refractivity contribution in [1.82, 2.24) is 30.5 Å². The number of aryl methyl sites for hydroxylation is 2. The lowest BCUT2D eigenvalue weighted by Crippen LogP contribution is -2.70. The maximum absolute atomic E-state index is 13.5. The number of rotatable bonds is 8. The number of nitrogens with one attached hydrogen (secondary N) is 3. The normalized spacial score (nSPS) is 18.7. The molecule has 5 heterocycles. The van der Waals surface area contributed by atoms with Gasteiger partial charge in [0.2, 0.25) is 5.95 Å². The Bertz CT molecular complexity index is 1230. The monoisotopic (exact) mass is 495 g/mol. The molecule has 11 nitrogen and oxygen atoms in total. The second-order valence-electron chi connectivity index (χ2n) is 9.35. The van der Waals surface area contributed by atoms with Gasteiger partial charge in [0.05, 0.1) is 19.6 Å². The predicted octanol–water partition coefficient (Wildman–Crippen LogP) is 2.02. The number of halogens is 1. The molecule has 1 atom stereocenters. The van der Waals surface area contributed by atoms with Crippen molar-refractivity contribution >= 4 is 29.3 Å². The van der Waals surface area contributed by atoms with Crippen molar-refractivity contribution in [2.45, 2.75) is 38.6 Å². The molecule has 0 bridgehead atoms. The highest BCUT2D eigenvalue weighted by Gasteiger charge is 2.51. The van der Waals surface area contributed by atoms with E-state index in [9.17, 15) is 9.18 Å². The lowest BCUT2D eigenvalue weighted by atomic mass is 9.93. The summed E-state index contributed by atoms with van der Waals surface area (Å²) in [5, 5.41) is 13.2. The topological polar surface area (TPSA) is 124 Å². The fourth-order valence-corrected chi connectivity index (χ4v) is 4.43. The van der Waals surface area contributed by atoms with Crippen molar-refractivity contribution in [3.63, 3.8) is 0 Å². The standard InChI is InChI=1S/C24H30FN9O2/c1-15-8-19(29-20-9-16(2)31-32-20)30-23(28-15)34-13-24(14-34,36-3)22(35)27-11-17-4-5-21(26-10-17)33-7-6-18(25)12-33/h4-5,8-10,18H,6-7,11-14H2,1-3H3,(H,27,35)(H2,28,29,30,31,32)/t18-/m0/s1. The number of aromatic amines is 1. The number of anilines is 4. The van der Waals surface area contributed by atoms with E-state index in [1.807, 2.05) is 47.9 Å². The highest BCUT2D eigenvalue weighted by Crippen LogP contribution is 2.30. The number of nitrogens with zero attached hydrogens (tertiary/aromatic N) is 6. The number of hydrogen-bond acceptors (Lipinski definition) is 9. The van der Waals surface area contributed by atoms with Gasteiger partial charge in [0.25, 0.3) is 5.91 Å². The maximum Gasteiger partial charge on any atom is 0.256 e. The molecule has 5 rings (SSSR count). The van der Waals surface area contributed by atoms with Crippen LogP contribution in [-0.4, -0.2) is 76.1 Å². The zero-order valence-electron chi connectivity index (χ0n) is 20.6. The minimum atomic E-state index is -0.987. The van der Waals surface area contributed by atoms with E-state index in [1.165, 1.54) is 7.11 Å². The molecule has 2 saturated heterocycles. The molecule has 2 aliphatic rings. The van der Waals surface area contributed by atoms with E-state index in [-0.39, 0.29) is 5.91 Å². The van der Waals surface area contributed by atoms with Crippen LogP contribution in [0.3, 0.4) is 0 Å². The number of hydrogen-bond donors (Lipinski definition) is 3. The van der Waals surface area contributed by atoms with E-state index in [0.29, 0.717) is 56.7 Å². The van der Waals surface area contributed by atoms with Gasteiger partial charge in [0.15, 0.2) is 11.4 Å². The SMILES string of the molecule is COC1(C(=O)NCc2ccc(N3CC[C@H](F)C3)nc2)CN(c2nc(C)cc(Nc3cc(C)[nH]n3)n2)C1. The van der Waals surface area contributed by atoms with Gasteiger partial charge in [-0.2, -0.15) is 10.1 Å². The molecular formula is C24H30FN9O2. The third-order valence-corrected chi connectivity index (χ3v) is 6.50. The van der Waals surface area contributed by atoms with E-state index in [1.54, 1.807) is 6.20 Å². The van der Waals surface area contributed by atoms with Crippen LogP contribution >= 0.6 is 0 Å². The number of amides is 1. The Balaban J connectivity index is 1.18. The number of pyridine rings is 1. The summed E-state index contributed by atoms with van der Waals surface area (Å²) >= 11 is 0. The van der Waals surface area contributed by atoms with Gasteiger partial charge < -0.3 is 25.2 Å². The van der Waals surface area contributed by atoms with Crippen LogP contribution in [0.15, 0.2) is 30.5 Å². The first-order valence-electron chi connectivity index (χ1n) is 11.9. The minimum Gasteiger partial charge on any atom is -0.365 e. The number of carbonyl (C=O) groups is 1. The summed E-state index contributed by atoms with van der Waals surface area (Å²) in [6.07, 6.45) is 1.45. The lowest BCUT2D eigenvalue weighted by Gasteiger charge is -2.47. The Labute approximate surface area is 208 Å². The molecule has 0 radical (unpaired) electrons. The summed E-state index contributed by atoms with van der Waals surface area (Å²) in [6, 6.07) is 7.48. The zero-order valence-corrected chi connectivity index (χ0v) is 20.6. The van der Waals surface area contributed by atoms with Crippen molar-refractivity contribution in [3.05, 3.63) is 47.4 Å². The summed E-state index contributed by atoms with van der Waals surface area (Å²) in [6.45, 7) is 5.84. The molecule has 2 aliphatic heterocycles. The molecule has 3 aromatic heterocycles.